The highest BCUT2D eigenvalue weighted by Gasteiger charge is 2.16. The molecule has 0 saturated heterocycles. The Kier molecular flexibility index (Phi) is 3.66. The number of halogens is 3. The summed E-state index contributed by atoms with van der Waals surface area (Å²) in [6.45, 7) is 1.89. The fourth-order valence-electron chi connectivity index (χ4n) is 1.38. The Morgan fingerprint density at radius 1 is 1.41 bits per heavy atom. The van der Waals surface area contributed by atoms with Gasteiger partial charge in [-0.25, -0.2) is 4.39 Å². The number of thiophene rings is 1. The summed E-state index contributed by atoms with van der Waals surface area (Å²) in [5.74, 6) is -0.724. The molecule has 2 aromatic rings. The second kappa shape index (κ2) is 4.88. The maximum absolute atomic E-state index is 13.1. The molecule has 88 valence electrons. The molecule has 2 rings (SSSR count). The first kappa shape index (κ1) is 12.7. The predicted molar refractivity (Wildman–Crippen MR) is 71.6 cm³/mol. The van der Waals surface area contributed by atoms with Crippen LogP contribution in [0.1, 0.15) is 20.8 Å². The highest BCUT2D eigenvalue weighted by atomic mass is 79.9. The molecular formula is C12H7BrClFOS. The third-order valence-electron chi connectivity index (χ3n) is 2.25. The van der Waals surface area contributed by atoms with Crippen LogP contribution in [0.25, 0.3) is 0 Å². The summed E-state index contributed by atoms with van der Waals surface area (Å²) >= 11 is 10.6. The minimum absolute atomic E-state index is 0.195. The number of carbonyl (C=O) groups excluding carboxylic acids is 1. The molecule has 5 heteroatoms. The zero-order valence-corrected chi connectivity index (χ0v) is 11.9. The molecule has 0 spiro atoms. The van der Waals surface area contributed by atoms with Crippen molar-refractivity contribution >= 4 is 44.7 Å². The van der Waals surface area contributed by atoms with E-state index in [0.29, 0.717) is 4.88 Å². The average molecular weight is 334 g/mol. The monoisotopic (exact) mass is 332 g/mol. The van der Waals surface area contributed by atoms with Gasteiger partial charge in [-0.3, -0.25) is 4.79 Å². The lowest BCUT2D eigenvalue weighted by Gasteiger charge is -2.01. The standard InChI is InChI=1S/C12H7BrClFOS/c1-6-4-10(17-12(6)13)11(16)8-5-7(15)2-3-9(8)14/h2-5H,1H3. The van der Waals surface area contributed by atoms with Crippen LogP contribution in [-0.2, 0) is 0 Å². The van der Waals surface area contributed by atoms with E-state index in [9.17, 15) is 9.18 Å². The first-order valence-electron chi connectivity index (χ1n) is 4.74. The van der Waals surface area contributed by atoms with Crippen molar-refractivity contribution < 1.29 is 9.18 Å². The number of carbonyl (C=O) groups is 1. The quantitative estimate of drug-likeness (QED) is 0.719. The lowest BCUT2D eigenvalue weighted by molar-refractivity contribution is 0.104. The second-order valence-corrected chi connectivity index (χ2v) is 6.30. The number of aryl methyl sites for hydroxylation is 1. The van der Waals surface area contributed by atoms with Gasteiger partial charge >= 0.3 is 0 Å². The smallest absolute Gasteiger partial charge is 0.204 e. The lowest BCUT2D eigenvalue weighted by atomic mass is 10.1. The third kappa shape index (κ3) is 2.59. The van der Waals surface area contributed by atoms with Gasteiger partial charge in [0.1, 0.15) is 5.82 Å². The zero-order chi connectivity index (χ0) is 12.6. The summed E-state index contributed by atoms with van der Waals surface area (Å²) in [7, 11) is 0. The molecule has 0 amide bonds. The molecule has 0 aliphatic rings. The van der Waals surface area contributed by atoms with E-state index in [0.717, 1.165) is 15.4 Å². The van der Waals surface area contributed by atoms with Crippen molar-refractivity contribution in [3.63, 3.8) is 0 Å². The van der Waals surface area contributed by atoms with Crippen molar-refractivity contribution in [1.29, 1.82) is 0 Å². The number of rotatable bonds is 2. The highest BCUT2D eigenvalue weighted by Crippen LogP contribution is 2.30. The van der Waals surface area contributed by atoms with Crippen LogP contribution in [-0.4, -0.2) is 5.78 Å². The van der Waals surface area contributed by atoms with Gasteiger partial charge in [0.2, 0.25) is 5.78 Å². The second-order valence-electron chi connectivity index (χ2n) is 3.52. The lowest BCUT2D eigenvalue weighted by Crippen LogP contribution is -2.00. The Balaban J connectivity index is 2.47. The van der Waals surface area contributed by atoms with E-state index in [2.05, 4.69) is 15.9 Å². The van der Waals surface area contributed by atoms with E-state index in [1.807, 2.05) is 6.92 Å². The van der Waals surface area contributed by atoms with Crippen molar-refractivity contribution in [1.82, 2.24) is 0 Å². The molecule has 0 fully saturated rings. The first-order chi connectivity index (χ1) is 7.99. The Morgan fingerprint density at radius 3 is 2.71 bits per heavy atom. The van der Waals surface area contributed by atoms with Gasteiger partial charge in [0.25, 0.3) is 0 Å². The summed E-state index contributed by atoms with van der Waals surface area (Å²) in [5, 5.41) is 0.263. The van der Waals surface area contributed by atoms with Crippen LogP contribution in [0.3, 0.4) is 0 Å². The Bertz CT molecular complexity index is 575. The van der Waals surface area contributed by atoms with Crippen molar-refractivity contribution in [3.05, 3.63) is 54.9 Å². The number of ketones is 1. The van der Waals surface area contributed by atoms with Crippen LogP contribution in [0.4, 0.5) is 4.39 Å². The summed E-state index contributed by atoms with van der Waals surface area (Å²) in [6, 6.07) is 5.54. The molecule has 0 unspecified atom stereocenters. The number of hydrogen-bond donors (Lipinski definition) is 0. The van der Waals surface area contributed by atoms with Crippen LogP contribution < -0.4 is 0 Å². The maximum Gasteiger partial charge on any atom is 0.204 e. The van der Waals surface area contributed by atoms with Gasteiger partial charge < -0.3 is 0 Å². The minimum Gasteiger partial charge on any atom is -0.288 e. The minimum atomic E-state index is -0.468. The topological polar surface area (TPSA) is 17.1 Å². The molecule has 0 aliphatic heterocycles. The molecule has 0 atom stereocenters. The van der Waals surface area contributed by atoms with Gasteiger partial charge in [-0.1, -0.05) is 11.6 Å². The summed E-state index contributed by atoms with van der Waals surface area (Å²) in [6.07, 6.45) is 0. The number of benzene rings is 1. The van der Waals surface area contributed by atoms with Gasteiger partial charge in [0, 0.05) is 5.56 Å². The van der Waals surface area contributed by atoms with E-state index in [1.165, 1.54) is 23.5 Å². The molecule has 17 heavy (non-hydrogen) atoms. The molecule has 0 radical (unpaired) electrons. The molecule has 0 bridgehead atoms. The Hall–Kier alpha value is -0.710. The van der Waals surface area contributed by atoms with Crippen molar-refractivity contribution in [3.8, 4) is 0 Å². The molecule has 0 N–H and O–H groups in total. The van der Waals surface area contributed by atoms with Crippen LogP contribution in [0, 0.1) is 12.7 Å². The van der Waals surface area contributed by atoms with Crippen molar-refractivity contribution in [2.45, 2.75) is 6.92 Å². The van der Waals surface area contributed by atoms with Gasteiger partial charge in [0.15, 0.2) is 0 Å². The molecular weight excluding hydrogens is 327 g/mol. The third-order valence-corrected chi connectivity index (χ3v) is 4.72. The predicted octanol–water partition coefficient (Wildman–Crippen LogP) is 4.84. The molecule has 1 nitrogen and oxygen atoms in total. The number of hydrogen-bond acceptors (Lipinski definition) is 2. The molecule has 1 heterocycles. The van der Waals surface area contributed by atoms with Crippen molar-refractivity contribution in [2.75, 3.05) is 0 Å². The van der Waals surface area contributed by atoms with Crippen LogP contribution in [0.5, 0.6) is 0 Å². The van der Waals surface area contributed by atoms with Gasteiger partial charge in [-0.2, -0.15) is 0 Å². The highest BCUT2D eigenvalue weighted by molar-refractivity contribution is 9.11. The molecule has 1 aromatic heterocycles. The fourth-order valence-corrected chi connectivity index (χ4v) is 3.07. The molecule has 0 aliphatic carbocycles. The normalized spacial score (nSPS) is 10.6. The molecule has 1 aromatic carbocycles. The maximum atomic E-state index is 13.1. The Morgan fingerprint density at radius 2 is 2.12 bits per heavy atom. The molecule has 0 saturated carbocycles. The Labute approximate surface area is 115 Å². The van der Waals surface area contributed by atoms with E-state index < -0.39 is 5.82 Å². The average Bonchev–Trinajstić information content (AvgIpc) is 2.62. The van der Waals surface area contributed by atoms with Crippen LogP contribution in [0.2, 0.25) is 5.02 Å². The van der Waals surface area contributed by atoms with E-state index >= 15 is 0 Å². The van der Waals surface area contributed by atoms with E-state index in [4.69, 9.17) is 11.6 Å². The van der Waals surface area contributed by atoms with Crippen LogP contribution >= 0.6 is 38.9 Å². The first-order valence-corrected chi connectivity index (χ1v) is 6.73. The van der Waals surface area contributed by atoms with Gasteiger partial charge in [-0.05, 0) is 52.7 Å². The van der Waals surface area contributed by atoms with E-state index in [-0.39, 0.29) is 16.4 Å². The summed E-state index contributed by atoms with van der Waals surface area (Å²) in [5.41, 5.74) is 1.17. The summed E-state index contributed by atoms with van der Waals surface area (Å²) in [4.78, 5) is 12.7. The summed E-state index contributed by atoms with van der Waals surface area (Å²) < 4.78 is 14.0. The SMILES string of the molecule is Cc1cc(C(=O)c2cc(F)ccc2Cl)sc1Br. The van der Waals surface area contributed by atoms with Gasteiger partial charge in [0.05, 0.1) is 13.7 Å². The fraction of sp³-hybridized carbons (Fsp3) is 0.0833. The zero-order valence-electron chi connectivity index (χ0n) is 8.76. The van der Waals surface area contributed by atoms with Crippen molar-refractivity contribution in [2.24, 2.45) is 0 Å². The van der Waals surface area contributed by atoms with Gasteiger partial charge in [-0.15, -0.1) is 11.3 Å². The van der Waals surface area contributed by atoms with Crippen LogP contribution in [0.15, 0.2) is 28.1 Å². The largest absolute Gasteiger partial charge is 0.288 e. The van der Waals surface area contributed by atoms with E-state index in [1.54, 1.807) is 6.07 Å².